The molecule has 0 aromatic heterocycles. The zero-order valence-corrected chi connectivity index (χ0v) is 10.9. The zero-order valence-electron chi connectivity index (χ0n) is 10.1. The van der Waals surface area contributed by atoms with Crippen LogP contribution in [0.4, 0.5) is 14.5 Å². The minimum atomic E-state index is -1.04. The fourth-order valence-corrected chi connectivity index (χ4v) is 1.92. The molecule has 0 radical (unpaired) electrons. The first-order chi connectivity index (χ1) is 9.10. The Morgan fingerprint density at radius 3 is 2.32 bits per heavy atom. The lowest BCUT2D eigenvalue weighted by molar-refractivity contribution is 0.102. The standard InChI is InChI=1S/C14H11F2NOS/c1-19-11-5-3-10(4-6-11)17-14(18)9-2-7-12(15)13(16)8-9/h2-8H,1H3,(H,17,18). The van der Waals surface area contributed by atoms with E-state index in [2.05, 4.69) is 5.32 Å². The first-order valence-electron chi connectivity index (χ1n) is 5.50. The molecule has 2 aromatic carbocycles. The van der Waals surface area contributed by atoms with Crippen molar-refractivity contribution in [3.05, 3.63) is 59.7 Å². The number of nitrogens with one attached hydrogen (secondary N) is 1. The molecule has 5 heteroatoms. The summed E-state index contributed by atoms with van der Waals surface area (Å²) in [5.74, 6) is -2.48. The summed E-state index contributed by atoms with van der Waals surface area (Å²) < 4.78 is 25.8. The molecule has 0 aliphatic rings. The number of thioether (sulfide) groups is 1. The van der Waals surface area contributed by atoms with Gasteiger partial charge in [-0.3, -0.25) is 4.79 Å². The average molecular weight is 279 g/mol. The molecule has 98 valence electrons. The molecular formula is C14H11F2NOS. The number of halogens is 2. The van der Waals surface area contributed by atoms with Gasteiger partial charge in [-0.15, -0.1) is 11.8 Å². The maximum absolute atomic E-state index is 13.0. The quantitative estimate of drug-likeness (QED) is 0.862. The van der Waals surface area contributed by atoms with Crippen LogP contribution in [-0.4, -0.2) is 12.2 Å². The molecule has 2 rings (SSSR count). The van der Waals surface area contributed by atoms with Gasteiger partial charge in [0.15, 0.2) is 11.6 Å². The number of amides is 1. The Bertz CT molecular complexity index is 599. The Morgan fingerprint density at radius 1 is 1.05 bits per heavy atom. The summed E-state index contributed by atoms with van der Waals surface area (Å²) in [6.07, 6.45) is 1.95. The summed E-state index contributed by atoms with van der Waals surface area (Å²) in [5, 5.41) is 2.62. The van der Waals surface area contributed by atoms with E-state index in [0.717, 1.165) is 17.0 Å². The summed E-state index contributed by atoms with van der Waals surface area (Å²) in [4.78, 5) is 12.9. The molecule has 0 saturated heterocycles. The van der Waals surface area contributed by atoms with Gasteiger partial charge in [0.05, 0.1) is 0 Å². The van der Waals surface area contributed by atoms with Crippen LogP contribution in [0.3, 0.4) is 0 Å². The van der Waals surface area contributed by atoms with Gasteiger partial charge in [-0.25, -0.2) is 8.78 Å². The smallest absolute Gasteiger partial charge is 0.255 e. The summed E-state index contributed by atoms with van der Waals surface area (Å²) in [6, 6.07) is 10.3. The molecule has 1 N–H and O–H groups in total. The van der Waals surface area contributed by atoms with E-state index in [1.54, 1.807) is 23.9 Å². The normalized spacial score (nSPS) is 10.3. The molecule has 2 aromatic rings. The van der Waals surface area contributed by atoms with Gasteiger partial charge in [0.2, 0.25) is 0 Å². The fraction of sp³-hybridized carbons (Fsp3) is 0.0714. The van der Waals surface area contributed by atoms with Crippen molar-refractivity contribution in [2.24, 2.45) is 0 Å². The molecule has 0 fully saturated rings. The second kappa shape index (κ2) is 5.84. The highest BCUT2D eigenvalue weighted by atomic mass is 32.2. The maximum Gasteiger partial charge on any atom is 0.255 e. The predicted octanol–water partition coefficient (Wildman–Crippen LogP) is 3.94. The van der Waals surface area contributed by atoms with Crippen LogP contribution in [0.5, 0.6) is 0 Å². The molecule has 0 heterocycles. The molecule has 1 amide bonds. The van der Waals surface area contributed by atoms with E-state index in [9.17, 15) is 13.6 Å². The van der Waals surface area contributed by atoms with Crippen molar-refractivity contribution in [2.45, 2.75) is 4.90 Å². The first kappa shape index (κ1) is 13.5. The Balaban J connectivity index is 2.13. The van der Waals surface area contributed by atoms with Crippen LogP contribution in [-0.2, 0) is 0 Å². The molecular weight excluding hydrogens is 268 g/mol. The highest BCUT2D eigenvalue weighted by Gasteiger charge is 2.09. The highest BCUT2D eigenvalue weighted by Crippen LogP contribution is 2.18. The van der Waals surface area contributed by atoms with Gasteiger partial charge < -0.3 is 5.32 Å². The highest BCUT2D eigenvalue weighted by molar-refractivity contribution is 7.98. The third-order valence-electron chi connectivity index (χ3n) is 2.53. The lowest BCUT2D eigenvalue weighted by atomic mass is 10.2. The van der Waals surface area contributed by atoms with E-state index in [1.807, 2.05) is 18.4 Å². The number of anilines is 1. The summed E-state index contributed by atoms with van der Waals surface area (Å²) in [5.41, 5.74) is 0.681. The third-order valence-corrected chi connectivity index (χ3v) is 3.27. The lowest BCUT2D eigenvalue weighted by Crippen LogP contribution is -2.12. The molecule has 0 aliphatic carbocycles. The van der Waals surface area contributed by atoms with Gasteiger partial charge in [-0.2, -0.15) is 0 Å². The molecule has 0 unspecified atom stereocenters. The van der Waals surface area contributed by atoms with Crippen LogP contribution in [0.15, 0.2) is 47.4 Å². The lowest BCUT2D eigenvalue weighted by Gasteiger charge is -2.06. The Hall–Kier alpha value is -1.88. The van der Waals surface area contributed by atoms with Gasteiger partial charge >= 0.3 is 0 Å². The summed E-state index contributed by atoms with van der Waals surface area (Å²) >= 11 is 1.59. The van der Waals surface area contributed by atoms with Crippen molar-refractivity contribution in [3.63, 3.8) is 0 Å². The van der Waals surface area contributed by atoms with E-state index in [4.69, 9.17) is 0 Å². The van der Waals surface area contributed by atoms with Crippen LogP contribution < -0.4 is 5.32 Å². The van der Waals surface area contributed by atoms with Gasteiger partial charge in [0, 0.05) is 16.1 Å². The van der Waals surface area contributed by atoms with E-state index in [-0.39, 0.29) is 5.56 Å². The SMILES string of the molecule is CSc1ccc(NC(=O)c2ccc(F)c(F)c2)cc1. The topological polar surface area (TPSA) is 29.1 Å². The number of rotatable bonds is 3. The van der Waals surface area contributed by atoms with Crippen molar-refractivity contribution in [2.75, 3.05) is 11.6 Å². The van der Waals surface area contributed by atoms with Gasteiger partial charge in [0.25, 0.3) is 5.91 Å². The summed E-state index contributed by atoms with van der Waals surface area (Å²) in [6.45, 7) is 0. The van der Waals surface area contributed by atoms with E-state index >= 15 is 0 Å². The number of hydrogen-bond donors (Lipinski definition) is 1. The van der Waals surface area contributed by atoms with Crippen LogP contribution in [0.1, 0.15) is 10.4 Å². The number of carbonyl (C=O) groups is 1. The minimum Gasteiger partial charge on any atom is -0.322 e. The number of carbonyl (C=O) groups excluding carboxylic acids is 1. The van der Waals surface area contributed by atoms with Crippen LogP contribution in [0, 0.1) is 11.6 Å². The molecule has 2 nitrogen and oxygen atoms in total. The van der Waals surface area contributed by atoms with Gasteiger partial charge in [-0.05, 0) is 48.7 Å². The average Bonchev–Trinajstić information content (AvgIpc) is 2.42. The van der Waals surface area contributed by atoms with E-state index in [0.29, 0.717) is 5.69 Å². The van der Waals surface area contributed by atoms with Gasteiger partial charge in [-0.1, -0.05) is 0 Å². The van der Waals surface area contributed by atoms with Crippen molar-refractivity contribution >= 4 is 23.4 Å². The Morgan fingerprint density at radius 2 is 1.74 bits per heavy atom. The molecule has 0 spiro atoms. The van der Waals surface area contributed by atoms with E-state index in [1.165, 1.54) is 6.07 Å². The zero-order chi connectivity index (χ0) is 13.8. The predicted molar refractivity (Wildman–Crippen MR) is 72.5 cm³/mol. The molecule has 0 saturated carbocycles. The van der Waals surface area contributed by atoms with Crippen LogP contribution in [0.2, 0.25) is 0 Å². The second-order valence-corrected chi connectivity index (χ2v) is 4.69. The number of hydrogen-bond acceptors (Lipinski definition) is 2. The van der Waals surface area contributed by atoms with Crippen molar-refractivity contribution in [1.29, 1.82) is 0 Å². The second-order valence-electron chi connectivity index (χ2n) is 3.81. The molecule has 19 heavy (non-hydrogen) atoms. The molecule has 0 aliphatic heterocycles. The van der Waals surface area contributed by atoms with E-state index < -0.39 is 17.5 Å². The Labute approximate surface area is 113 Å². The maximum atomic E-state index is 13.0. The first-order valence-corrected chi connectivity index (χ1v) is 6.73. The molecule has 0 bridgehead atoms. The van der Waals surface area contributed by atoms with Crippen molar-refractivity contribution < 1.29 is 13.6 Å². The monoisotopic (exact) mass is 279 g/mol. The number of benzene rings is 2. The van der Waals surface area contributed by atoms with Crippen molar-refractivity contribution in [3.8, 4) is 0 Å². The van der Waals surface area contributed by atoms with Gasteiger partial charge in [0.1, 0.15) is 0 Å². The third kappa shape index (κ3) is 3.32. The van der Waals surface area contributed by atoms with Crippen LogP contribution >= 0.6 is 11.8 Å². The largest absolute Gasteiger partial charge is 0.322 e. The fourth-order valence-electron chi connectivity index (χ4n) is 1.51. The van der Waals surface area contributed by atoms with Crippen LogP contribution in [0.25, 0.3) is 0 Å². The minimum absolute atomic E-state index is 0.0767. The van der Waals surface area contributed by atoms with Crippen molar-refractivity contribution in [1.82, 2.24) is 0 Å². The summed E-state index contributed by atoms with van der Waals surface area (Å²) in [7, 11) is 0. The molecule has 0 atom stereocenters. The Kier molecular flexibility index (Phi) is 4.16.